The summed E-state index contributed by atoms with van der Waals surface area (Å²) in [4.78, 5) is 12.1. The lowest BCUT2D eigenvalue weighted by molar-refractivity contribution is -0.111. The van der Waals surface area contributed by atoms with Gasteiger partial charge in [0.15, 0.2) is 11.5 Å². The Hall–Kier alpha value is -2.75. The fraction of sp³-hybridized carbons (Fsp3) is 0.211. The Labute approximate surface area is 135 Å². The molecule has 0 atom stereocenters. The van der Waals surface area contributed by atoms with Crippen LogP contribution >= 0.6 is 0 Å². The predicted molar refractivity (Wildman–Crippen MR) is 90.9 cm³/mol. The van der Waals surface area contributed by atoms with Gasteiger partial charge in [0, 0.05) is 17.8 Å². The van der Waals surface area contributed by atoms with Gasteiger partial charge in [-0.15, -0.1) is 0 Å². The van der Waals surface area contributed by atoms with Gasteiger partial charge < -0.3 is 14.8 Å². The Morgan fingerprint density at radius 3 is 2.57 bits per heavy atom. The van der Waals surface area contributed by atoms with Crippen molar-refractivity contribution in [2.75, 3.05) is 12.1 Å². The third kappa shape index (κ3) is 3.37. The summed E-state index contributed by atoms with van der Waals surface area (Å²) in [7, 11) is 0. The van der Waals surface area contributed by atoms with E-state index in [-0.39, 0.29) is 12.7 Å². The molecule has 0 spiro atoms. The van der Waals surface area contributed by atoms with Crippen molar-refractivity contribution < 1.29 is 14.3 Å². The van der Waals surface area contributed by atoms with E-state index in [9.17, 15) is 4.79 Å². The molecule has 0 bridgehead atoms. The largest absolute Gasteiger partial charge is 0.454 e. The first kappa shape index (κ1) is 15.2. The molecule has 0 saturated carbocycles. The Bertz CT molecular complexity index is 793. The van der Waals surface area contributed by atoms with Crippen LogP contribution < -0.4 is 14.8 Å². The molecule has 4 heteroatoms. The number of hydrogen-bond acceptors (Lipinski definition) is 3. The zero-order valence-electron chi connectivity index (χ0n) is 13.5. The van der Waals surface area contributed by atoms with Crippen molar-refractivity contribution >= 4 is 17.7 Å². The number of anilines is 1. The molecular formula is C19H19NO3. The first-order chi connectivity index (χ1) is 11.0. The standard InChI is InChI=1S/C19H19NO3/c1-12-8-14(3)15(9-13(12)2)4-7-19(21)20-16-5-6-17-18(10-16)23-11-22-17/h4-10H,11H2,1-3H3,(H,20,21)/b7-4+. The van der Waals surface area contributed by atoms with Crippen LogP contribution in [0.3, 0.4) is 0 Å². The zero-order chi connectivity index (χ0) is 16.4. The average Bonchev–Trinajstić information content (AvgIpc) is 2.97. The van der Waals surface area contributed by atoms with Crippen molar-refractivity contribution in [1.29, 1.82) is 0 Å². The van der Waals surface area contributed by atoms with Crippen molar-refractivity contribution in [3.8, 4) is 11.5 Å². The van der Waals surface area contributed by atoms with Crippen LogP contribution in [0.5, 0.6) is 11.5 Å². The summed E-state index contributed by atoms with van der Waals surface area (Å²) in [6.07, 6.45) is 3.38. The van der Waals surface area contributed by atoms with E-state index in [4.69, 9.17) is 9.47 Å². The van der Waals surface area contributed by atoms with Crippen LogP contribution in [0.15, 0.2) is 36.4 Å². The van der Waals surface area contributed by atoms with Gasteiger partial charge in [-0.05, 0) is 61.2 Å². The highest BCUT2D eigenvalue weighted by Crippen LogP contribution is 2.34. The van der Waals surface area contributed by atoms with E-state index in [0.29, 0.717) is 17.2 Å². The van der Waals surface area contributed by atoms with Gasteiger partial charge in [-0.2, -0.15) is 0 Å². The van der Waals surface area contributed by atoms with E-state index in [1.165, 1.54) is 11.1 Å². The maximum atomic E-state index is 12.1. The van der Waals surface area contributed by atoms with Crippen LogP contribution in [0.4, 0.5) is 5.69 Å². The third-order valence-corrected chi connectivity index (χ3v) is 3.94. The summed E-state index contributed by atoms with van der Waals surface area (Å²) in [6, 6.07) is 9.56. The lowest BCUT2D eigenvalue weighted by atomic mass is 10.0. The van der Waals surface area contributed by atoms with Crippen LogP contribution in [0.25, 0.3) is 6.08 Å². The molecule has 1 heterocycles. The molecule has 23 heavy (non-hydrogen) atoms. The van der Waals surface area contributed by atoms with Gasteiger partial charge in [-0.1, -0.05) is 12.1 Å². The third-order valence-electron chi connectivity index (χ3n) is 3.94. The second-order valence-corrected chi connectivity index (χ2v) is 5.68. The van der Waals surface area contributed by atoms with Gasteiger partial charge in [-0.25, -0.2) is 0 Å². The Balaban J connectivity index is 1.71. The summed E-state index contributed by atoms with van der Waals surface area (Å²) in [6.45, 7) is 6.42. The molecule has 3 rings (SSSR count). The smallest absolute Gasteiger partial charge is 0.248 e. The topological polar surface area (TPSA) is 47.6 Å². The molecule has 0 fully saturated rings. The Morgan fingerprint density at radius 1 is 1.00 bits per heavy atom. The predicted octanol–water partition coefficient (Wildman–Crippen LogP) is 3.99. The van der Waals surface area contributed by atoms with Gasteiger partial charge in [-0.3, -0.25) is 4.79 Å². The summed E-state index contributed by atoms with van der Waals surface area (Å²) in [5, 5.41) is 2.83. The molecular weight excluding hydrogens is 290 g/mol. The molecule has 118 valence electrons. The fourth-order valence-electron chi connectivity index (χ4n) is 2.49. The van der Waals surface area contributed by atoms with Crippen molar-refractivity contribution in [2.45, 2.75) is 20.8 Å². The number of aryl methyl sites for hydroxylation is 3. The minimum atomic E-state index is -0.179. The van der Waals surface area contributed by atoms with E-state index < -0.39 is 0 Å². The highest BCUT2D eigenvalue weighted by atomic mass is 16.7. The second kappa shape index (κ2) is 6.16. The van der Waals surface area contributed by atoms with E-state index in [1.54, 1.807) is 24.3 Å². The van der Waals surface area contributed by atoms with E-state index in [2.05, 4.69) is 31.3 Å². The van der Waals surface area contributed by atoms with E-state index in [0.717, 1.165) is 11.1 Å². The normalized spacial score (nSPS) is 12.7. The fourth-order valence-corrected chi connectivity index (χ4v) is 2.49. The SMILES string of the molecule is Cc1cc(C)c(/C=C/C(=O)Nc2ccc3c(c2)OCO3)cc1C. The first-order valence-electron chi connectivity index (χ1n) is 7.49. The molecule has 2 aromatic rings. The van der Waals surface area contributed by atoms with Crippen LogP contribution in [-0.4, -0.2) is 12.7 Å². The lowest BCUT2D eigenvalue weighted by Crippen LogP contribution is -2.07. The van der Waals surface area contributed by atoms with Crippen molar-refractivity contribution in [3.63, 3.8) is 0 Å². The van der Waals surface area contributed by atoms with Crippen LogP contribution in [-0.2, 0) is 4.79 Å². The minimum absolute atomic E-state index is 0.179. The maximum absolute atomic E-state index is 12.1. The van der Waals surface area contributed by atoms with Crippen molar-refractivity contribution in [2.24, 2.45) is 0 Å². The minimum Gasteiger partial charge on any atom is -0.454 e. The van der Waals surface area contributed by atoms with E-state index >= 15 is 0 Å². The summed E-state index contributed by atoms with van der Waals surface area (Å²) < 4.78 is 10.5. The number of nitrogens with one attached hydrogen (secondary N) is 1. The number of amides is 1. The maximum Gasteiger partial charge on any atom is 0.248 e. The number of carbonyl (C=O) groups excluding carboxylic acids is 1. The zero-order valence-corrected chi connectivity index (χ0v) is 13.5. The quantitative estimate of drug-likeness (QED) is 0.872. The molecule has 1 aliphatic heterocycles. The number of rotatable bonds is 3. The monoisotopic (exact) mass is 309 g/mol. The second-order valence-electron chi connectivity index (χ2n) is 5.68. The van der Waals surface area contributed by atoms with Crippen LogP contribution in [0.1, 0.15) is 22.3 Å². The Morgan fingerprint density at radius 2 is 1.74 bits per heavy atom. The molecule has 1 aliphatic rings. The summed E-state index contributed by atoms with van der Waals surface area (Å²) >= 11 is 0. The highest BCUT2D eigenvalue weighted by molar-refractivity contribution is 6.02. The van der Waals surface area contributed by atoms with Crippen LogP contribution in [0, 0.1) is 20.8 Å². The molecule has 1 amide bonds. The summed E-state index contributed by atoms with van der Waals surface area (Å²) in [5.74, 6) is 1.17. The average molecular weight is 309 g/mol. The lowest BCUT2D eigenvalue weighted by Gasteiger charge is -2.06. The summed E-state index contributed by atoms with van der Waals surface area (Å²) in [5.41, 5.74) is 5.35. The molecule has 4 nitrogen and oxygen atoms in total. The van der Waals surface area contributed by atoms with Gasteiger partial charge >= 0.3 is 0 Å². The van der Waals surface area contributed by atoms with Gasteiger partial charge in [0.25, 0.3) is 0 Å². The molecule has 0 saturated heterocycles. The molecule has 0 unspecified atom stereocenters. The number of benzene rings is 2. The van der Waals surface area contributed by atoms with Crippen molar-refractivity contribution in [1.82, 2.24) is 0 Å². The van der Waals surface area contributed by atoms with Gasteiger partial charge in [0.1, 0.15) is 0 Å². The molecule has 0 aromatic heterocycles. The van der Waals surface area contributed by atoms with Gasteiger partial charge in [0.05, 0.1) is 0 Å². The van der Waals surface area contributed by atoms with Gasteiger partial charge in [0.2, 0.25) is 12.7 Å². The highest BCUT2D eigenvalue weighted by Gasteiger charge is 2.13. The van der Waals surface area contributed by atoms with E-state index in [1.807, 2.05) is 13.0 Å². The molecule has 1 N–H and O–H groups in total. The Kier molecular flexibility index (Phi) is 4.06. The molecule has 0 radical (unpaired) electrons. The number of hydrogen-bond donors (Lipinski definition) is 1. The number of fused-ring (bicyclic) bond motifs is 1. The molecule has 0 aliphatic carbocycles. The van der Waals surface area contributed by atoms with Crippen molar-refractivity contribution in [3.05, 3.63) is 58.7 Å². The number of carbonyl (C=O) groups is 1. The number of ether oxygens (including phenoxy) is 2. The van der Waals surface area contributed by atoms with Crippen LogP contribution in [0.2, 0.25) is 0 Å². The molecule has 2 aromatic carbocycles. The first-order valence-corrected chi connectivity index (χ1v) is 7.49.